The molecule has 2 amide bonds. The molecule has 0 radical (unpaired) electrons. The summed E-state index contributed by atoms with van der Waals surface area (Å²) in [6.45, 7) is 1.77. The summed E-state index contributed by atoms with van der Waals surface area (Å²) in [7, 11) is 1.30. The van der Waals surface area contributed by atoms with Gasteiger partial charge in [0.15, 0.2) is 0 Å². The van der Waals surface area contributed by atoms with Crippen LogP contribution in [0.2, 0.25) is 0 Å². The van der Waals surface area contributed by atoms with E-state index in [4.69, 9.17) is 4.74 Å². The lowest BCUT2D eigenvalue weighted by atomic mass is 9.82. The lowest BCUT2D eigenvalue weighted by Gasteiger charge is -2.35. The Morgan fingerprint density at radius 2 is 1.91 bits per heavy atom. The van der Waals surface area contributed by atoms with Crippen LogP contribution in [0.1, 0.15) is 37.7 Å². The molecule has 0 atom stereocenters. The van der Waals surface area contributed by atoms with Crippen molar-refractivity contribution in [2.45, 2.75) is 44.6 Å². The number of urea groups is 1. The molecule has 1 fully saturated rings. The quantitative estimate of drug-likeness (QED) is 0.843. The summed E-state index contributed by atoms with van der Waals surface area (Å²) >= 11 is 0. The molecule has 1 aliphatic carbocycles. The Morgan fingerprint density at radius 3 is 2.50 bits per heavy atom. The number of ether oxygens (including phenoxy) is 1. The molecule has 1 saturated carbocycles. The van der Waals surface area contributed by atoms with Gasteiger partial charge in [-0.25, -0.2) is 14.0 Å². The van der Waals surface area contributed by atoms with Crippen molar-refractivity contribution in [3.63, 3.8) is 0 Å². The third-order valence-corrected chi connectivity index (χ3v) is 4.01. The van der Waals surface area contributed by atoms with Gasteiger partial charge in [0.2, 0.25) is 0 Å². The molecule has 22 heavy (non-hydrogen) atoms. The highest BCUT2D eigenvalue weighted by Gasteiger charge is 2.42. The first kappa shape index (κ1) is 16.3. The second-order valence-corrected chi connectivity index (χ2v) is 5.70. The number of hydrogen-bond acceptors (Lipinski definition) is 3. The summed E-state index contributed by atoms with van der Waals surface area (Å²) < 4.78 is 18.6. The fourth-order valence-corrected chi connectivity index (χ4v) is 2.82. The Labute approximate surface area is 129 Å². The van der Waals surface area contributed by atoms with Crippen molar-refractivity contribution in [1.82, 2.24) is 5.32 Å². The van der Waals surface area contributed by atoms with E-state index in [1.165, 1.54) is 19.2 Å². The van der Waals surface area contributed by atoms with E-state index in [2.05, 4.69) is 10.6 Å². The highest BCUT2D eigenvalue weighted by molar-refractivity contribution is 5.94. The smallest absolute Gasteiger partial charge is 0.331 e. The largest absolute Gasteiger partial charge is 0.467 e. The van der Waals surface area contributed by atoms with Crippen LogP contribution in [0.15, 0.2) is 18.2 Å². The van der Waals surface area contributed by atoms with Crippen LogP contribution in [-0.2, 0) is 9.53 Å². The molecule has 0 aromatic heterocycles. The molecule has 0 spiro atoms. The minimum absolute atomic E-state index is 0.0823. The number of carbonyl (C=O) groups is 2. The second kappa shape index (κ2) is 6.77. The maximum absolute atomic E-state index is 13.8. The molecule has 0 bridgehead atoms. The molecular weight excluding hydrogens is 287 g/mol. The molecule has 1 aromatic carbocycles. The summed E-state index contributed by atoms with van der Waals surface area (Å²) in [6.07, 6.45) is 3.77. The van der Waals surface area contributed by atoms with Gasteiger partial charge in [-0.1, -0.05) is 25.3 Å². The van der Waals surface area contributed by atoms with Gasteiger partial charge < -0.3 is 15.4 Å². The minimum atomic E-state index is -1.02. The normalized spacial score (nSPS) is 16.7. The number of hydrogen-bond donors (Lipinski definition) is 2. The zero-order valence-corrected chi connectivity index (χ0v) is 12.9. The average molecular weight is 308 g/mol. The fraction of sp³-hybridized carbons (Fsp3) is 0.500. The molecule has 2 rings (SSSR count). The van der Waals surface area contributed by atoms with E-state index in [0.717, 1.165) is 24.8 Å². The van der Waals surface area contributed by atoms with Crippen LogP contribution in [-0.4, -0.2) is 24.6 Å². The Kier molecular flexibility index (Phi) is 5.00. The lowest BCUT2D eigenvalue weighted by Crippen LogP contribution is -2.57. The zero-order valence-electron chi connectivity index (χ0n) is 12.9. The molecule has 0 unspecified atom stereocenters. The molecule has 1 aliphatic rings. The monoisotopic (exact) mass is 308 g/mol. The van der Waals surface area contributed by atoms with Gasteiger partial charge in [-0.15, -0.1) is 0 Å². The predicted octanol–water partition coefficient (Wildman–Crippen LogP) is 3.13. The van der Waals surface area contributed by atoms with E-state index in [9.17, 15) is 14.0 Å². The molecule has 1 aromatic rings. The summed E-state index contributed by atoms with van der Waals surface area (Å²) in [4.78, 5) is 24.2. The molecule has 0 saturated heterocycles. The van der Waals surface area contributed by atoms with E-state index in [1.54, 1.807) is 13.0 Å². The van der Waals surface area contributed by atoms with Crippen molar-refractivity contribution >= 4 is 17.7 Å². The third-order valence-electron chi connectivity index (χ3n) is 4.01. The number of aryl methyl sites for hydroxylation is 1. The maximum Gasteiger partial charge on any atom is 0.331 e. The van der Waals surface area contributed by atoms with E-state index in [-0.39, 0.29) is 5.69 Å². The maximum atomic E-state index is 13.8. The molecule has 0 heterocycles. The minimum Gasteiger partial charge on any atom is -0.467 e. The van der Waals surface area contributed by atoms with Crippen molar-refractivity contribution in [2.24, 2.45) is 0 Å². The number of carbonyl (C=O) groups excluding carboxylic acids is 2. The van der Waals surface area contributed by atoms with Gasteiger partial charge in [-0.2, -0.15) is 0 Å². The van der Waals surface area contributed by atoms with Crippen LogP contribution < -0.4 is 10.6 Å². The molecule has 2 N–H and O–H groups in total. The Hall–Kier alpha value is -2.11. The Morgan fingerprint density at radius 1 is 1.23 bits per heavy atom. The summed E-state index contributed by atoms with van der Waals surface area (Å²) in [5, 5.41) is 5.14. The topological polar surface area (TPSA) is 67.4 Å². The number of amides is 2. The summed E-state index contributed by atoms with van der Waals surface area (Å²) in [5.74, 6) is -0.961. The number of benzene rings is 1. The predicted molar refractivity (Wildman–Crippen MR) is 81.1 cm³/mol. The second-order valence-electron chi connectivity index (χ2n) is 5.70. The van der Waals surface area contributed by atoms with Crippen LogP contribution in [0, 0.1) is 12.7 Å². The molecular formula is C16H21FN2O3. The van der Waals surface area contributed by atoms with E-state index in [1.807, 2.05) is 0 Å². The van der Waals surface area contributed by atoms with Crippen LogP contribution in [0.25, 0.3) is 0 Å². The van der Waals surface area contributed by atoms with Gasteiger partial charge in [0.05, 0.1) is 12.8 Å². The zero-order chi connectivity index (χ0) is 16.2. The first-order valence-electron chi connectivity index (χ1n) is 7.40. The number of methoxy groups -OCH3 is 1. The molecule has 120 valence electrons. The fourth-order valence-electron chi connectivity index (χ4n) is 2.82. The molecule has 6 heteroatoms. The number of halogens is 1. The van der Waals surface area contributed by atoms with Crippen molar-refractivity contribution < 1.29 is 18.7 Å². The number of rotatable bonds is 3. The third kappa shape index (κ3) is 3.55. The van der Waals surface area contributed by atoms with Gasteiger partial charge in [0.1, 0.15) is 11.4 Å². The van der Waals surface area contributed by atoms with Crippen molar-refractivity contribution in [2.75, 3.05) is 12.4 Å². The lowest BCUT2D eigenvalue weighted by molar-refractivity contribution is -0.149. The van der Waals surface area contributed by atoms with Crippen LogP contribution in [0.3, 0.4) is 0 Å². The van der Waals surface area contributed by atoms with Crippen molar-refractivity contribution in [1.29, 1.82) is 0 Å². The van der Waals surface area contributed by atoms with Crippen molar-refractivity contribution in [3.05, 3.63) is 29.6 Å². The van der Waals surface area contributed by atoms with E-state index in [0.29, 0.717) is 12.8 Å². The van der Waals surface area contributed by atoms with Gasteiger partial charge in [-0.05, 0) is 37.5 Å². The van der Waals surface area contributed by atoms with Crippen LogP contribution in [0.5, 0.6) is 0 Å². The highest BCUT2D eigenvalue weighted by atomic mass is 19.1. The van der Waals surface area contributed by atoms with E-state index < -0.39 is 23.4 Å². The van der Waals surface area contributed by atoms with E-state index >= 15 is 0 Å². The van der Waals surface area contributed by atoms with Gasteiger partial charge in [-0.3, -0.25) is 0 Å². The molecule has 0 aliphatic heterocycles. The first-order chi connectivity index (χ1) is 10.5. The summed E-state index contributed by atoms with van der Waals surface area (Å²) in [6, 6.07) is 3.94. The Bertz CT molecular complexity index is 569. The average Bonchev–Trinajstić information content (AvgIpc) is 2.50. The summed E-state index contributed by atoms with van der Waals surface area (Å²) in [5.41, 5.74) is -0.168. The van der Waals surface area contributed by atoms with Crippen LogP contribution in [0.4, 0.5) is 14.9 Å². The first-order valence-corrected chi connectivity index (χ1v) is 7.40. The Balaban J connectivity index is 2.09. The standard InChI is InChI=1S/C16H21FN2O3/c1-11-6-7-13(12(17)10-11)18-15(21)19-16(14(20)22-2)8-4-3-5-9-16/h6-7,10H,3-5,8-9H2,1-2H3,(H2,18,19,21). The number of nitrogens with one attached hydrogen (secondary N) is 2. The molecule has 5 nitrogen and oxygen atoms in total. The van der Waals surface area contributed by atoms with Gasteiger partial charge in [0.25, 0.3) is 0 Å². The number of anilines is 1. The van der Waals surface area contributed by atoms with Gasteiger partial charge >= 0.3 is 12.0 Å². The van der Waals surface area contributed by atoms with Crippen molar-refractivity contribution in [3.8, 4) is 0 Å². The highest BCUT2D eigenvalue weighted by Crippen LogP contribution is 2.29. The van der Waals surface area contributed by atoms with Crippen LogP contribution >= 0.6 is 0 Å². The van der Waals surface area contributed by atoms with Gasteiger partial charge in [0, 0.05) is 0 Å². The SMILES string of the molecule is COC(=O)C1(NC(=O)Nc2ccc(C)cc2F)CCCCC1. The number of esters is 1.